The normalized spacial score (nSPS) is 34.0. The number of carbonyl (C=O) groups excluding carboxylic acids is 1. The summed E-state index contributed by atoms with van der Waals surface area (Å²) in [5, 5.41) is 0. The maximum atomic E-state index is 10.4. The summed E-state index contributed by atoms with van der Waals surface area (Å²) in [7, 11) is 0. The molecule has 58 valence electrons. The molecule has 1 fully saturated rings. The molecule has 0 aromatic rings. The molecule has 2 unspecified atom stereocenters. The van der Waals surface area contributed by atoms with E-state index in [2.05, 4.69) is 13.8 Å². The third-order valence-corrected chi connectivity index (χ3v) is 2.56. The van der Waals surface area contributed by atoms with Gasteiger partial charge in [0, 0.05) is 12.6 Å². The Hall–Kier alpha value is -0.530. The minimum absolute atomic E-state index is 0.450. The van der Waals surface area contributed by atoms with E-state index in [0.29, 0.717) is 12.0 Å². The molecular formula is C8H15NO. The van der Waals surface area contributed by atoms with Gasteiger partial charge < -0.3 is 4.90 Å². The molecule has 1 heterocycles. The van der Waals surface area contributed by atoms with Gasteiger partial charge in [-0.25, -0.2) is 0 Å². The standard InChI is InChI=1S/C8H15NO/c1-7-4-3-5-9(6-10)8(7)2/h6-8H,3-5H2,1-2H3. The van der Waals surface area contributed by atoms with Crippen LogP contribution in [0.25, 0.3) is 0 Å². The van der Waals surface area contributed by atoms with Crippen molar-refractivity contribution in [3.05, 3.63) is 0 Å². The number of rotatable bonds is 1. The lowest BCUT2D eigenvalue weighted by Gasteiger charge is -2.34. The van der Waals surface area contributed by atoms with Gasteiger partial charge in [-0.05, 0) is 25.7 Å². The second kappa shape index (κ2) is 3.04. The van der Waals surface area contributed by atoms with Gasteiger partial charge in [0.2, 0.25) is 6.41 Å². The van der Waals surface area contributed by atoms with Crippen molar-refractivity contribution in [3.8, 4) is 0 Å². The van der Waals surface area contributed by atoms with Gasteiger partial charge in [-0.15, -0.1) is 0 Å². The highest BCUT2D eigenvalue weighted by Gasteiger charge is 2.22. The van der Waals surface area contributed by atoms with Crippen LogP contribution in [-0.4, -0.2) is 23.9 Å². The van der Waals surface area contributed by atoms with Crippen LogP contribution in [0, 0.1) is 5.92 Å². The molecule has 2 heteroatoms. The zero-order valence-corrected chi connectivity index (χ0v) is 6.71. The summed E-state index contributed by atoms with van der Waals surface area (Å²) in [6.07, 6.45) is 3.41. The summed E-state index contributed by atoms with van der Waals surface area (Å²) in [6.45, 7) is 5.29. The summed E-state index contributed by atoms with van der Waals surface area (Å²) in [5.41, 5.74) is 0. The highest BCUT2D eigenvalue weighted by Crippen LogP contribution is 2.20. The monoisotopic (exact) mass is 141 g/mol. The summed E-state index contributed by atoms with van der Waals surface area (Å²) >= 11 is 0. The Balaban J connectivity index is 2.50. The third kappa shape index (κ3) is 1.31. The number of carbonyl (C=O) groups is 1. The van der Waals surface area contributed by atoms with Crippen LogP contribution in [0.15, 0.2) is 0 Å². The van der Waals surface area contributed by atoms with Gasteiger partial charge in [-0.2, -0.15) is 0 Å². The average molecular weight is 141 g/mol. The lowest BCUT2D eigenvalue weighted by molar-refractivity contribution is -0.122. The minimum Gasteiger partial charge on any atom is -0.342 e. The van der Waals surface area contributed by atoms with Gasteiger partial charge in [-0.1, -0.05) is 6.92 Å². The molecule has 1 aliphatic rings. The van der Waals surface area contributed by atoms with Gasteiger partial charge in [-0.3, -0.25) is 4.79 Å². The molecule has 1 aliphatic heterocycles. The molecule has 0 N–H and O–H groups in total. The van der Waals surface area contributed by atoms with Crippen LogP contribution in [0.2, 0.25) is 0 Å². The first kappa shape index (κ1) is 7.58. The van der Waals surface area contributed by atoms with Crippen molar-refractivity contribution in [1.82, 2.24) is 4.90 Å². The van der Waals surface area contributed by atoms with Crippen LogP contribution >= 0.6 is 0 Å². The van der Waals surface area contributed by atoms with Crippen LogP contribution < -0.4 is 0 Å². The van der Waals surface area contributed by atoms with Crippen LogP contribution in [0.4, 0.5) is 0 Å². The number of piperidine rings is 1. The zero-order valence-electron chi connectivity index (χ0n) is 6.71. The van der Waals surface area contributed by atoms with Crippen LogP contribution in [-0.2, 0) is 4.79 Å². The molecule has 0 aliphatic carbocycles. The van der Waals surface area contributed by atoms with E-state index >= 15 is 0 Å². The molecule has 0 aromatic heterocycles. The van der Waals surface area contributed by atoms with Crippen LogP contribution in [0.5, 0.6) is 0 Å². The number of nitrogens with zero attached hydrogens (tertiary/aromatic N) is 1. The third-order valence-electron chi connectivity index (χ3n) is 2.56. The largest absolute Gasteiger partial charge is 0.342 e. The maximum absolute atomic E-state index is 10.4. The lowest BCUT2D eigenvalue weighted by Crippen LogP contribution is -2.41. The lowest BCUT2D eigenvalue weighted by atomic mass is 9.93. The second-order valence-corrected chi connectivity index (χ2v) is 3.20. The van der Waals surface area contributed by atoms with E-state index in [1.165, 1.54) is 12.8 Å². The first-order chi connectivity index (χ1) is 4.75. The average Bonchev–Trinajstić information content (AvgIpc) is 1.95. The van der Waals surface area contributed by atoms with Crippen molar-refractivity contribution >= 4 is 6.41 Å². The van der Waals surface area contributed by atoms with Gasteiger partial charge in [0.25, 0.3) is 0 Å². The number of amides is 1. The Kier molecular flexibility index (Phi) is 2.30. The molecule has 0 saturated carbocycles. The number of likely N-dealkylation sites (tertiary alicyclic amines) is 1. The predicted octanol–water partition coefficient (Wildman–Crippen LogP) is 1.26. The Morgan fingerprint density at radius 2 is 2.20 bits per heavy atom. The number of hydrogen-bond acceptors (Lipinski definition) is 1. The molecule has 2 atom stereocenters. The predicted molar refractivity (Wildman–Crippen MR) is 40.6 cm³/mol. The number of hydrogen-bond donors (Lipinski definition) is 0. The molecule has 1 saturated heterocycles. The van der Waals surface area contributed by atoms with Gasteiger partial charge >= 0.3 is 0 Å². The first-order valence-electron chi connectivity index (χ1n) is 3.96. The minimum atomic E-state index is 0.450. The maximum Gasteiger partial charge on any atom is 0.209 e. The van der Waals surface area contributed by atoms with Gasteiger partial charge in [0.05, 0.1) is 0 Å². The SMILES string of the molecule is CC1CCCN(C=O)C1C. The fraction of sp³-hybridized carbons (Fsp3) is 0.875. The van der Waals surface area contributed by atoms with E-state index in [0.717, 1.165) is 13.0 Å². The Labute approximate surface area is 62.2 Å². The van der Waals surface area contributed by atoms with Crippen LogP contribution in [0.1, 0.15) is 26.7 Å². The van der Waals surface area contributed by atoms with E-state index in [1.807, 2.05) is 4.90 Å². The molecule has 1 rings (SSSR count). The molecule has 1 amide bonds. The molecule has 0 aromatic carbocycles. The van der Waals surface area contributed by atoms with Crippen LogP contribution in [0.3, 0.4) is 0 Å². The van der Waals surface area contributed by atoms with Crippen molar-refractivity contribution in [1.29, 1.82) is 0 Å². The molecule has 10 heavy (non-hydrogen) atoms. The Morgan fingerprint density at radius 3 is 2.70 bits per heavy atom. The first-order valence-corrected chi connectivity index (χ1v) is 3.96. The van der Waals surface area contributed by atoms with Crippen molar-refractivity contribution in [2.45, 2.75) is 32.7 Å². The Bertz CT molecular complexity index is 124. The Morgan fingerprint density at radius 1 is 1.50 bits per heavy atom. The fourth-order valence-corrected chi connectivity index (χ4v) is 1.52. The van der Waals surface area contributed by atoms with E-state index in [4.69, 9.17) is 0 Å². The fourth-order valence-electron chi connectivity index (χ4n) is 1.52. The highest BCUT2D eigenvalue weighted by atomic mass is 16.1. The summed E-state index contributed by atoms with van der Waals surface area (Å²) in [5.74, 6) is 0.680. The van der Waals surface area contributed by atoms with Gasteiger partial charge in [0.15, 0.2) is 0 Å². The summed E-state index contributed by atoms with van der Waals surface area (Å²) in [4.78, 5) is 12.3. The van der Waals surface area contributed by atoms with Crippen molar-refractivity contribution in [2.24, 2.45) is 5.92 Å². The summed E-state index contributed by atoms with van der Waals surface area (Å²) in [6, 6.07) is 0.450. The van der Waals surface area contributed by atoms with E-state index in [-0.39, 0.29) is 0 Å². The second-order valence-electron chi connectivity index (χ2n) is 3.20. The quantitative estimate of drug-likeness (QED) is 0.503. The van der Waals surface area contributed by atoms with Crippen molar-refractivity contribution in [3.63, 3.8) is 0 Å². The highest BCUT2D eigenvalue weighted by molar-refractivity contribution is 5.47. The molecular weight excluding hydrogens is 126 g/mol. The van der Waals surface area contributed by atoms with E-state index in [9.17, 15) is 4.79 Å². The van der Waals surface area contributed by atoms with Crippen molar-refractivity contribution in [2.75, 3.05) is 6.54 Å². The van der Waals surface area contributed by atoms with Crippen molar-refractivity contribution < 1.29 is 4.79 Å². The topological polar surface area (TPSA) is 20.3 Å². The molecule has 0 radical (unpaired) electrons. The zero-order chi connectivity index (χ0) is 7.56. The van der Waals surface area contributed by atoms with E-state index in [1.54, 1.807) is 0 Å². The molecule has 0 spiro atoms. The smallest absolute Gasteiger partial charge is 0.209 e. The van der Waals surface area contributed by atoms with E-state index < -0.39 is 0 Å². The molecule has 2 nitrogen and oxygen atoms in total. The summed E-state index contributed by atoms with van der Waals surface area (Å²) < 4.78 is 0. The molecule has 0 bridgehead atoms. The van der Waals surface area contributed by atoms with Gasteiger partial charge in [0.1, 0.15) is 0 Å².